The number of thioether (sulfide) groups is 1. The minimum absolute atomic E-state index is 0.238. The molecule has 2 aromatic carbocycles. The van der Waals surface area contributed by atoms with Gasteiger partial charge < -0.3 is 10.5 Å². The molecule has 98 valence electrons. The van der Waals surface area contributed by atoms with Gasteiger partial charge in [0.05, 0.1) is 5.25 Å². The number of rotatable bonds is 3. The molecule has 0 aliphatic carbocycles. The van der Waals surface area contributed by atoms with Crippen molar-refractivity contribution in [2.24, 2.45) is 5.73 Å². The van der Waals surface area contributed by atoms with Gasteiger partial charge in [0, 0.05) is 28.4 Å². The molecule has 0 fully saturated rings. The van der Waals surface area contributed by atoms with E-state index in [2.05, 4.69) is 6.07 Å². The molecule has 0 aromatic heterocycles. The summed E-state index contributed by atoms with van der Waals surface area (Å²) < 4.78 is 5.94. The fourth-order valence-corrected chi connectivity index (χ4v) is 3.55. The molecule has 1 unspecified atom stereocenters. The third-order valence-corrected chi connectivity index (χ3v) is 4.63. The molecule has 1 heterocycles. The van der Waals surface area contributed by atoms with Crippen molar-refractivity contribution < 1.29 is 4.74 Å². The van der Waals surface area contributed by atoms with Crippen LogP contribution in [0.5, 0.6) is 11.5 Å². The molecule has 19 heavy (non-hydrogen) atoms. The molecule has 2 nitrogen and oxygen atoms in total. The van der Waals surface area contributed by atoms with Gasteiger partial charge in [0.25, 0.3) is 0 Å². The largest absolute Gasteiger partial charge is 0.457 e. The maximum absolute atomic E-state index is 6.11. The van der Waals surface area contributed by atoms with Crippen LogP contribution >= 0.6 is 23.4 Å². The first-order valence-electron chi connectivity index (χ1n) is 6.17. The van der Waals surface area contributed by atoms with Gasteiger partial charge in [-0.2, -0.15) is 0 Å². The van der Waals surface area contributed by atoms with E-state index in [0.29, 0.717) is 6.54 Å². The van der Waals surface area contributed by atoms with Crippen molar-refractivity contribution >= 4 is 23.4 Å². The lowest BCUT2D eigenvalue weighted by atomic mass is 10.00. The number of nitrogens with two attached hydrogens (primary N) is 1. The highest BCUT2D eigenvalue weighted by molar-refractivity contribution is 7.99. The monoisotopic (exact) mass is 291 g/mol. The summed E-state index contributed by atoms with van der Waals surface area (Å²) >= 11 is 7.94. The summed E-state index contributed by atoms with van der Waals surface area (Å²) in [7, 11) is 0. The van der Waals surface area contributed by atoms with Gasteiger partial charge in [-0.3, -0.25) is 0 Å². The van der Waals surface area contributed by atoms with Gasteiger partial charge in [0.2, 0.25) is 0 Å². The van der Waals surface area contributed by atoms with Crippen molar-refractivity contribution in [3.63, 3.8) is 0 Å². The van der Waals surface area contributed by atoms with Crippen molar-refractivity contribution in [2.75, 3.05) is 12.3 Å². The molecule has 0 bridgehead atoms. The first-order chi connectivity index (χ1) is 9.29. The maximum atomic E-state index is 6.11. The zero-order valence-electron chi connectivity index (χ0n) is 10.3. The Bertz CT molecular complexity index is 602. The molecule has 1 aliphatic heterocycles. The second kappa shape index (κ2) is 5.45. The van der Waals surface area contributed by atoms with Crippen LogP contribution in [0.2, 0.25) is 5.02 Å². The smallest absolute Gasteiger partial charge is 0.132 e. The average molecular weight is 292 g/mol. The lowest BCUT2D eigenvalue weighted by Crippen LogP contribution is -2.10. The van der Waals surface area contributed by atoms with Crippen LogP contribution in [0.15, 0.2) is 42.5 Å². The third kappa shape index (κ3) is 2.46. The van der Waals surface area contributed by atoms with E-state index in [-0.39, 0.29) is 5.25 Å². The first kappa shape index (κ1) is 12.9. The minimum atomic E-state index is 0.238. The Kier molecular flexibility index (Phi) is 3.69. The molecule has 2 aromatic rings. The second-order valence-electron chi connectivity index (χ2n) is 4.36. The van der Waals surface area contributed by atoms with Crippen LogP contribution in [0.3, 0.4) is 0 Å². The molecule has 0 radical (unpaired) electrons. The summed E-state index contributed by atoms with van der Waals surface area (Å²) in [5, 5.41) is 0.974. The molecule has 1 aliphatic rings. The number of halogens is 1. The van der Waals surface area contributed by atoms with Gasteiger partial charge in [-0.05, 0) is 24.3 Å². The molecule has 0 saturated carbocycles. The van der Waals surface area contributed by atoms with Crippen LogP contribution in [0.25, 0.3) is 0 Å². The van der Waals surface area contributed by atoms with Crippen molar-refractivity contribution in [2.45, 2.75) is 5.25 Å². The van der Waals surface area contributed by atoms with Crippen LogP contribution in [0.4, 0.5) is 0 Å². The topological polar surface area (TPSA) is 35.2 Å². The first-order valence-corrected chi connectivity index (χ1v) is 7.60. The van der Waals surface area contributed by atoms with E-state index in [0.717, 1.165) is 27.8 Å². The van der Waals surface area contributed by atoms with E-state index in [1.165, 1.54) is 5.56 Å². The molecule has 0 spiro atoms. The van der Waals surface area contributed by atoms with Crippen LogP contribution in [0, 0.1) is 0 Å². The van der Waals surface area contributed by atoms with E-state index in [4.69, 9.17) is 22.1 Å². The van der Waals surface area contributed by atoms with Gasteiger partial charge >= 0.3 is 0 Å². The van der Waals surface area contributed by atoms with Crippen LogP contribution in [-0.4, -0.2) is 12.3 Å². The molecule has 0 saturated heterocycles. The van der Waals surface area contributed by atoms with Gasteiger partial charge in [-0.25, -0.2) is 0 Å². The van der Waals surface area contributed by atoms with Gasteiger partial charge in [-0.15, -0.1) is 11.8 Å². The SMILES string of the molecule is NCCSC1c2ccccc2Oc2ccc(Cl)cc21. The average Bonchev–Trinajstić information content (AvgIpc) is 2.44. The summed E-state index contributed by atoms with van der Waals surface area (Å²) in [5.74, 6) is 2.72. The van der Waals surface area contributed by atoms with Crippen LogP contribution in [0.1, 0.15) is 16.4 Å². The van der Waals surface area contributed by atoms with E-state index in [1.807, 2.05) is 48.2 Å². The highest BCUT2D eigenvalue weighted by Crippen LogP contribution is 2.49. The minimum Gasteiger partial charge on any atom is -0.457 e. The number of fused-ring (bicyclic) bond motifs is 2. The van der Waals surface area contributed by atoms with Crippen molar-refractivity contribution in [1.82, 2.24) is 0 Å². The number of benzene rings is 2. The lowest BCUT2D eigenvalue weighted by Gasteiger charge is -2.27. The molecule has 1 atom stereocenters. The molecular formula is C15H14ClNOS. The number of hydrogen-bond acceptors (Lipinski definition) is 3. The standard InChI is InChI=1S/C15H14ClNOS/c16-10-5-6-14-12(9-10)15(19-8-7-17)11-3-1-2-4-13(11)18-14/h1-6,9,15H,7-8,17H2. The highest BCUT2D eigenvalue weighted by Gasteiger charge is 2.27. The number of para-hydroxylation sites is 1. The predicted octanol–water partition coefficient (Wildman–Crippen LogP) is 4.23. The quantitative estimate of drug-likeness (QED) is 0.919. The van der Waals surface area contributed by atoms with Gasteiger partial charge in [0.15, 0.2) is 0 Å². The maximum Gasteiger partial charge on any atom is 0.132 e. The molecular weight excluding hydrogens is 278 g/mol. The Morgan fingerprint density at radius 1 is 1.11 bits per heavy atom. The summed E-state index contributed by atoms with van der Waals surface area (Å²) in [4.78, 5) is 0. The summed E-state index contributed by atoms with van der Waals surface area (Å²) in [6.45, 7) is 0.667. The molecule has 4 heteroatoms. The van der Waals surface area contributed by atoms with Crippen molar-refractivity contribution in [3.05, 3.63) is 58.6 Å². The van der Waals surface area contributed by atoms with Crippen LogP contribution < -0.4 is 10.5 Å². The van der Waals surface area contributed by atoms with Crippen LogP contribution in [-0.2, 0) is 0 Å². The predicted molar refractivity (Wildman–Crippen MR) is 81.3 cm³/mol. The Labute approximate surface area is 121 Å². The zero-order valence-corrected chi connectivity index (χ0v) is 11.9. The Morgan fingerprint density at radius 3 is 2.74 bits per heavy atom. The van der Waals surface area contributed by atoms with E-state index < -0.39 is 0 Å². The normalized spacial score (nSPS) is 16.4. The second-order valence-corrected chi connectivity index (χ2v) is 6.01. The van der Waals surface area contributed by atoms with E-state index in [9.17, 15) is 0 Å². The fourth-order valence-electron chi connectivity index (χ4n) is 2.26. The van der Waals surface area contributed by atoms with E-state index >= 15 is 0 Å². The Hall–Kier alpha value is -1.16. The van der Waals surface area contributed by atoms with Crippen molar-refractivity contribution in [3.8, 4) is 11.5 Å². The molecule has 2 N–H and O–H groups in total. The lowest BCUT2D eigenvalue weighted by molar-refractivity contribution is 0.459. The number of ether oxygens (including phenoxy) is 1. The zero-order chi connectivity index (χ0) is 13.2. The van der Waals surface area contributed by atoms with Crippen molar-refractivity contribution in [1.29, 1.82) is 0 Å². The molecule has 3 rings (SSSR count). The Morgan fingerprint density at radius 2 is 1.89 bits per heavy atom. The van der Waals surface area contributed by atoms with Gasteiger partial charge in [-0.1, -0.05) is 29.8 Å². The van der Waals surface area contributed by atoms with Gasteiger partial charge in [0.1, 0.15) is 11.5 Å². The Balaban J connectivity index is 2.08. The highest BCUT2D eigenvalue weighted by atomic mass is 35.5. The summed E-state index contributed by atoms with van der Waals surface area (Å²) in [5.41, 5.74) is 7.96. The fraction of sp³-hybridized carbons (Fsp3) is 0.200. The van der Waals surface area contributed by atoms with E-state index in [1.54, 1.807) is 0 Å². The molecule has 0 amide bonds. The summed E-state index contributed by atoms with van der Waals surface area (Å²) in [6.07, 6.45) is 0. The summed E-state index contributed by atoms with van der Waals surface area (Å²) in [6, 6.07) is 13.9. The number of hydrogen-bond donors (Lipinski definition) is 1. The third-order valence-electron chi connectivity index (χ3n) is 3.08.